The van der Waals surface area contributed by atoms with Crippen molar-refractivity contribution >= 4 is 29.6 Å². The molecular formula is C52H121N11O2Rh4-4. The molecule has 0 bridgehead atoms. The molecule has 3 amide bonds. The summed E-state index contributed by atoms with van der Waals surface area (Å²) in [6.45, 7) is 47.1. The molecule has 0 saturated carbocycles. The van der Waals surface area contributed by atoms with Crippen LogP contribution in [0.4, 0.5) is 4.79 Å². The van der Waals surface area contributed by atoms with E-state index < -0.39 is 0 Å². The third kappa shape index (κ3) is 97.4. The number of nitrogens with zero attached hydrogens (tertiary/aromatic N) is 11. The minimum Gasteiger partial charge on any atom is -0.473 e. The van der Waals surface area contributed by atoms with Gasteiger partial charge in [0.25, 0.3) is 0 Å². The standard InChI is InChI=1S/C9H20N3.C8H18N2O.2C8H17N2.C8H17NO.C7H17N.4CH4.4Rh/c1-9(2,3)7-12(6)8(10-4)11-5;1-8(2,3)6-10(5)7(11)9-4;1-8(2,3)6-7(9-4)10-5;1-7(9-5)10-6-8(2,3)4;1-7(10)9(5)6-8(2,3)4;1-7(2,3)6-8(4)5;;;;;;;;/h7H2,1-6H3;6H2,1-5H3,(H,9,11);3*6H2,1-5H3;6H2,1-5H3;4*1H4;;;;/q-1;;2*-1;;;;;;;;;;/p-1. The largest absolute Gasteiger partial charge is 0.473 e. The smallest absolute Gasteiger partial charge is 0.219 e. The van der Waals surface area contributed by atoms with Crippen molar-refractivity contribution in [3.05, 3.63) is 21.3 Å². The van der Waals surface area contributed by atoms with Crippen LogP contribution in [0.1, 0.15) is 175 Å². The second kappa shape index (κ2) is 52.3. The Morgan fingerprint density at radius 1 is 0.435 bits per heavy atom. The number of amidine groups is 2. The third-order valence-electron chi connectivity index (χ3n) is 7.03. The molecule has 4 radical (unpaired) electrons. The van der Waals surface area contributed by atoms with Crippen LogP contribution in [0.25, 0.3) is 21.3 Å². The van der Waals surface area contributed by atoms with Gasteiger partial charge in [0.1, 0.15) is 0 Å². The molecule has 69 heavy (non-hydrogen) atoms. The Labute approximate surface area is 486 Å². The molecule has 0 N–H and O–H groups in total. The van der Waals surface area contributed by atoms with E-state index in [2.05, 4.69) is 185 Å². The van der Waals surface area contributed by atoms with E-state index in [0.717, 1.165) is 56.8 Å². The molecule has 0 unspecified atom stereocenters. The molecule has 0 aliphatic rings. The van der Waals surface area contributed by atoms with Crippen LogP contribution in [-0.2, 0) is 82.7 Å². The van der Waals surface area contributed by atoms with Gasteiger partial charge >= 0.3 is 0 Å². The summed E-state index contributed by atoms with van der Waals surface area (Å²) in [5, 5.41) is 15.6. The Morgan fingerprint density at radius 2 is 0.768 bits per heavy atom. The topological polar surface area (TPSA) is 141 Å². The van der Waals surface area contributed by atoms with Crippen LogP contribution >= 0.6 is 0 Å². The molecule has 0 aromatic carbocycles. The van der Waals surface area contributed by atoms with Crippen molar-refractivity contribution in [3.63, 3.8) is 0 Å². The average Bonchev–Trinajstić information content (AvgIpc) is 3.03. The van der Waals surface area contributed by atoms with Crippen molar-refractivity contribution in [1.82, 2.24) is 19.6 Å². The normalized spacial score (nSPS) is 11.0. The zero-order chi connectivity index (χ0) is 50.4. The van der Waals surface area contributed by atoms with Crippen LogP contribution in [0.5, 0.6) is 0 Å². The number of carbonyl (C=O) groups excluding carboxylic acids is 2. The molecule has 0 heterocycles. The Hall–Kier alpha value is -0.596. The number of guanidine groups is 1. The Bertz CT molecular complexity index is 1220. The van der Waals surface area contributed by atoms with Gasteiger partial charge in [-0.2, -0.15) is 0 Å². The molecule has 0 aromatic heterocycles. The van der Waals surface area contributed by atoms with Gasteiger partial charge in [-0.25, -0.2) is 0 Å². The summed E-state index contributed by atoms with van der Waals surface area (Å²) in [7, 11) is 20.2. The van der Waals surface area contributed by atoms with Gasteiger partial charge in [0, 0.05) is 111 Å². The minimum absolute atomic E-state index is 0. The van der Waals surface area contributed by atoms with E-state index >= 15 is 0 Å². The molecule has 0 aromatic rings. The second-order valence-electron chi connectivity index (χ2n) is 23.1. The van der Waals surface area contributed by atoms with Crippen LogP contribution in [0.2, 0.25) is 0 Å². The van der Waals surface area contributed by atoms with Crippen LogP contribution < -0.4 is 0 Å². The minimum atomic E-state index is -0.153. The van der Waals surface area contributed by atoms with Gasteiger partial charge in [-0.3, -0.25) is 9.59 Å². The number of urea groups is 1. The average molecular weight is 1340 g/mol. The van der Waals surface area contributed by atoms with E-state index in [1.807, 2.05) is 21.0 Å². The van der Waals surface area contributed by atoms with E-state index in [0.29, 0.717) is 10.8 Å². The summed E-state index contributed by atoms with van der Waals surface area (Å²) < 4.78 is 0. The van der Waals surface area contributed by atoms with Crippen molar-refractivity contribution in [2.24, 2.45) is 47.5 Å². The monoisotopic (exact) mass is 1340 g/mol. The molecular weight excluding hydrogens is 1220 g/mol. The number of rotatable bonds is 6. The fourth-order valence-corrected chi connectivity index (χ4v) is 5.10. The number of aliphatic imine (C=N–C) groups is 3. The summed E-state index contributed by atoms with van der Waals surface area (Å²) in [6.07, 6.45) is 0.958. The molecule has 0 rings (SSSR count). The Balaban J connectivity index is -0.0000000430. The van der Waals surface area contributed by atoms with Crippen LogP contribution in [0, 0.1) is 32.5 Å². The first-order valence-corrected chi connectivity index (χ1v) is 21.6. The van der Waals surface area contributed by atoms with Crippen molar-refractivity contribution in [2.45, 2.75) is 175 Å². The van der Waals surface area contributed by atoms with Gasteiger partial charge < -0.3 is 55.8 Å². The predicted octanol–water partition coefficient (Wildman–Crippen LogP) is 14.6. The van der Waals surface area contributed by atoms with E-state index in [9.17, 15) is 9.59 Å². The van der Waals surface area contributed by atoms with Crippen molar-refractivity contribution in [1.29, 1.82) is 0 Å². The summed E-state index contributed by atoms with van der Waals surface area (Å²) in [4.78, 5) is 41.7. The van der Waals surface area contributed by atoms with Crippen LogP contribution in [-0.4, -0.2) is 159 Å². The Kier molecular flexibility index (Phi) is 79.5. The fraction of sp³-hybridized carbons (Fsp3) is 0.904. The predicted molar refractivity (Wildman–Crippen MR) is 303 cm³/mol. The van der Waals surface area contributed by atoms with Gasteiger partial charge in [0.2, 0.25) is 5.91 Å². The van der Waals surface area contributed by atoms with Crippen molar-refractivity contribution in [3.8, 4) is 0 Å². The van der Waals surface area contributed by atoms with Gasteiger partial charge in [-0.05, 0) is 101 Å². The van der Waals surface area contributed by atoms with E-state index in [1.165, 1.54) is 7.05 Å². The maximum atomic E-state index is 10.9. The molecule has 0 fully saturated rings. The fourth-order valence-electron chi connectivity index (χ4n) is 5.10. The molecule has 13 nitrogen and oxygen atoms in total. The van der Waals surface area contributed by atoms with Gasteiger partial charge in [0.15, 0.2) is 6.03 Å². The molecule has 436 valence electrons. The third-order valence-corrected chi connectivity index (χ3v) is 7.03. The van der Waals surface area contributed by atoms with E-state index in [1.54, 1.807) is 59.0 Å². The molecule has 0 aliphatic heterocycles. The first-order valence-electron chi connectivity index (χ1n) is 21.6. The second-order valence-corrected chi connectivity index (χ2v) is 23.1. The number of carbonyl (C=O) groups is 2. The summed E-state index contributed by atoms with van der Waals surface area (Å²) in [5.74, 6) is 2.78. The first-order chi connectivity index (χ1) is 27.0. The van der Waals surface area contributed by atoms with E-state index in [4.69, 9.17) is 0 Å². The maximum Gasteiger partial charge on any atom is 0.219 e. The maximum absolute atomic E-state index is 10.9. The van der Waals surface area contributed by atoms with Gasteiger partial charge in [-0.1, -0.05) is 201 Å². The van der Waals surface area contributed by atoms with Crippen molar-refractivity contribution < 1.29 is 87.5 Å². The number of amides is 3. The van der Waals surface area contributed by atoms with E-state index in [-0.39, 0.29) is 141 Å². The SMILES string of the molecule is C.C.C.C.CC(=O)N(C)CC(C)(C)C.CN(C)CC(C)(C)C.CN=C(CC(C)(C)C)[N-]C.CN=C([N-]C)N(C)CC(C)(C)C.C[N-]C(=O)N(C)CC(C)(C)C.C[N-]C(C)=NCC(C)(C)C.[Rh].[Rh].[Rh].[Rh]. The molecule has 0 atom stereocenters. The molecule has 0 spiro atoms. The Morgan fingerprint density at radius 3 is 0.928 bits per heavy atom. The van der Waals surface area contributed by atoms with Crippen LogP contribution in [0.3, 0.4) is 0 Å². The van der Waals surface area contributed by atoms with Gasteiger partial charge in [-0.15, -0.1) is 0 Å². The summed E-state index contributed by atoms with van der Waals surface area (Å²) in [5.41, 5.74) is 1.68. The number of hydrogen-bond acceptors (Lipinski definition) is 6. The van der Waals surface area contributed by atoms with Crippen LogP contribution in [0.15, 0.2) is 15.0 Å². The molecule has 17 heteroatoms. The summed E-state index contributed by atoms with van der Waals surface area (Å²) >= 11 is 0. The quantitative estimate of drug-likeness (QED) is 0.148. The van der Waals surface area contributed by atoms with Gasteiger partial charge in [0.05, 0.1) is 0 Å². The first kappa shape index (κ1) is 105. The zero-order valence-electron chi connectivity index (χ0n) is 47.8. The summed E-state index contributed by atoms with van der Waals surface area (Å²) in [6, 6.07) is -0.153. The molecule has 0 aliphatic carbocycles. The van der Waals surface area contributed by atoms with Crippen molar-refractivity contribution in [2.75, 3.05) is 110 Å². The number of hydrogen-bond donors (Lipinski definition) is 0. The molecule has 0 saturated heterocycles. The zero-order valence-corrected chi connectivity index (χ0v) is 54.4.